The van der Waals surface area contributed by atoms with Crippen LogP contribution in [-0.4, -0.2) is 55.9 Å². The number of carbonyl (C=O) groups excluding carboxylic acids is 2. The van der Waals surface area contributed by atoms with E-state index in [9.17, 15) is 14.0 Å². The Morgan fingerprint density at radius 2 is 1.79 bits per heavy atom. The molecule has 0 atom stereocenters. The maximum Gasteiger partial charge on any atom is 0.266 e. The summed E-state index contributed by atoms with van der Waals surface area (Å²) in [7, 11) is 3.17. The van der Waals surface area contributed by atoms with E-state index in [1.807, 2.05) is 18.2 Å². The molecule has 4 rings (SSSR count). The van der Waals surface area contributed by atoms with Gasteiger partial charge >= 0.3 is 0 Å². The Bertz CT molecular complexity index is 1340. The zero-order valence-corrected chi connectivity index (χ0v) is 21.7. The minimum atomic E-state index is -0.398. The molecule has 0 aromatic heterocycles. The van der Waals surface area contributed by atoms with Gasteiger partial charge in [0.25, 0.3) is 11.8 Å². The zero-order valence-electron chi connectivity index (χ0n) is 20.8. The molecular formula is C28H26FN3O5S. The van der Waals surface area contributed by atoms with Crippen LogP contribution in [0.3, 0.4) is 0 Å². The van der Waals surface area contributed by atoms with Crippen molar-refractivity contribution in [1.82, 2.24) is 4.90 Å². The van der Waals surface area contributed by atoms with Crippen molar-refractivity contribution in [3.8, 4) is 11.5 Å². The van der Waals surface area contributed by atoms with Crippen LogP contribution in [0.15, 0.2) is 82.7 Å². The molecule has 3 aromatic carbocycles. The molecule has 10 heteroatoms. The van der Waals surface area contributed by atoms with E-state index in [0.29, 0.717) is 51.7 Å². The predicted molar refractivity (Wildman–Crippen MR) is 146 cm³/mol. The number of hydrogen-bond acceptors (Lipinski definition) is 7. The molecule has 1 aliphatic rings. The number of para-hydroxylation sites is 1. The van der Waals surface area contributed by atoms with Crippen LogP contribution in [0.2, 0.25) is 0 Å². The molecule has 1 aliphatic heterocycles. The molecule has 2 amide bonds. The van der Waals surface area contributed by atoms with Gasteiger partial charge in [-0.2, -0.15) is 0 Å². The van der Waals surface area contributed by atoms with Crippen LogP contribution in [0.25, 0.3) is 6.08 Å². The number of ether oxygens (including phenoxy) is 3. The van der Waals surface area contributed by atoms with E-state index in [0.717, 1.165) is 0 Å². The average molecular weight is 536 g/mol. The van der Waals surface area contributed by atoms with Gasteiger partial charge in [-0.1, -0.05) is 18.2 Å². The van der Waals surface area contributed by atoms with Crippen molar-refractivity contribution < 1.29 is 28.2 Å². The number of benzene rings is 3. The molecule has 0 aliphatic carbocycles. The Balaban J connectivity index is 1.51. The number of amidine groups is 1. The molecule has 1 N–H and O–H groups in total. The van der Waals surface area contributed by atoms with Crippen LogP contribution < -0.4 is 14.8 Å². The van der Waals surface area contributed by atoms with Gasteiger partial charge in [0, 0.05) is 18.4 Å². The molecule has 0 radical (unpaired) electrons. The molecule has 0 bridgehead atoms. The summed E-state index contributed by atoms with van der Waals surface area (Å²) >= 11 is 1.25. The lowest BCUT2D eigenvalue weighted by Gasteiger charge is -2.14. The fourth-order valence-electron chi connectivity index (χ4n) is 3.48. The number of hydrogen-bond donors (Lipinski definition) is 1. The minimum absolute atomic E-state index is 0.205. The van der Waals surface area contributed by atoms with Crippen molar-refractivity contribution in [2.45, 2.75) is 0 Å². The molecule has 0 saturated carbocycles. The van der Waals surface area contributed by atoms with Crippen LogP contribution in [0.4, 0.5) is 15.8 Å². The second kappa shape index (κ2) is 12.9. The number of nitrogens with zero attached hydrogens (tertiary/aromatic N) is 2. The van der Waals surface area contributed by atoms with Gasteiger partial charge in [0.05, 0.1) is 30.9 Å². The lowest BCUT2D eigenvalue weighted by Crippen LogP contribution is -2.32. The van der Waals surface area contributed by atoms with Crippen LogP contribution in [0.1, 0.15) is 5.56 Å². The van der Waals surface area contributed by atoms with Crippen LogP contribution in [0.5, 0.6) is 11.5 Å². The third kappa shape index (κ3) is 6.99. The minimum Gasteiger partial charge on any atom is -0.497 e. The quantitative estimate of drug-likeness (QED) is 0.363. The third-order valence-electron chi connectivity index (χ3n) is 5.40. The van der Waals surface area contributed by atoms with E-state index >= 15 is 0 Å². The van der Waals surface area contributed by atoms with E-state index in [4.69, 9.17) is 14.2 Å². The number of thioether (sulfide) groups is 1. The fraction of sp³-hybridized carbons (Fsp3) is 0.179. The van der Waals surface area contributed by atoms with Crippen LogP contribution in [-0.2, 0) is 14.3 Å². The smallest absolute Gasteiger partial charge is 0.266 e. The predicted octanol–water partition coefficient (Wildman–Crippen LogP) is 5.10. The number of halogens is 1. The maximum absolute atomic E-state index is 13.3. The highest BCUT2D eigenvalue weighted by Crippen LogP contribution is 2.35. The molecule has 0 spiro atoms. The number of anilines is 1. The van der Waals surface area contributed by atoms with Crippen LogP contribution >= 0.6 is 11.8 Å². The summed E-state index contributed by atoms with van der Waals surface area (Å²) in [6, 6.07) is 19.8. The second-order valence-corrected chi connectivity index (χ2v) is 9.04. The molecule has 8 nitrogen and oxygen atoms in total. The summed E-state index contributed by atoms with van der Waals surface area (Å²) in [6.45, 7) is 0.434. The summed E-state index contributed by atoms with van der Waals surface area (Å²) in [5.41, 5.74) is 1.78. The standard InChI is InChI=1S/C28H26FN3O5S/c1-35-16-15-32-27(34)25(38-28(32)31-22-11-13-23(36-2)14-12-22)17-19-5-3-4-6-24(19)37-18-26(33)30-21-9-7-20(29)8-10-21/h3-14,17H,15-16,18H2,1-2H3,(H,30,33). The van der Waals surface area contributed by atoms with Crippen molar-refractivity contribution in [3.05, 3.63) is 89.1 Å². The Morgan fingerprint density at radius 3 is 2.50 bits per heavy atom. The van der Waals surface area contributed by atoms with Crippen molar-refractivity contribution in [2.75, 3.05) is 39.3 Å². The molecule has 38 heavy (non-hydrogen) atoms. The summed E-state index contributed by atoms with van der Waals surface area (Å²) in [5, 5.41) is 3.18. The lowest BCUT2D eigenvalue weighted by atomic mass is 10.2. The van der Waals surface area contributed by atoms with Crippen molar-refractivity contribution in [2.24, 2.45) is 4.99 Å². The average Bonchev–Trinajstić information content (AvgIpc) is 3.21. The first kappa shape index (κ1) is 26.9. The van der Waals surface area contributed by atoms with E-state index in [1.165, 1.54) is 36.0 Å². The van der Waals surface area contributed by atoms with Gasteiger partial charge in [-0.05, 0) is 72.4 Å². The van der Waals surface area contributed by atoms with Gasteiger partial charge in [-0.3, -0.25) is 14.5 Å². The molecule has 1 heterocycles. The highest BCUT2D eigenvalue weighted by Gasteiger charge is 2.33. The number of rotatable bonds is 10. The normalized spacial score (nSPS) is 15.2. The Labute approximate surface area is 224 Å². The highest BCUT2D eigenvalue weighted by atomic mass is 32.2. The number of aliphatic imine (C=N–C) groups is 1. The van der Waals surface area contributed by atoms with Gasteiger partial charge in [0.15, 0.2) is 11.8 Å². The van der Waals surface area contributed by atoms with Crippen molar-refractivity contribution in [3.63, 3.8) is 0 Å². The number of methoxy groups -OCH3 is 2. The van der Waals surface area contributed by atoms with E-state index in [1.54, 1.807) is 55.5 Å². The SMILES string of the molecule is COCCN1C(=O)C(=Cc2ccccc2OCC(=O)Nc2ccc(F)cc2)SC1=Nc1ccc(OC)cc1. The Hall–Kier alpha value is -4.15. The monoisotopic (exact) mass is 535 g/mol. The highest BCUT2D eigenvalue weighted by molar-refractivity contribution is 8.18. The molecule has 196 valence electrons. The third-order valence-corrected chi connectivity index (χ3v) is 6.40. The topological polar surface area (TPSA) is 89.5 Å². The maximum atomic E-state index is 13.3. The van der Waals surface area contributed by atoms with Gasteiger partial charge in [-0.25, -0.2) is 9.38 Å². The molecule has 1 saturated heterocycles. The van der Waals surface area contributed by atoms with Gasteiger partial charge < -0.3 is 19.5 Å². The molecule has 1 fully saturated rings. The second-order valence-electron chi connectivity index (χ2n) is 8.03. The fourth-order valence-corrected chi connectivity index (χ4v) is 4.50. The number of amides is 2. The summed E-state index contributed by atoms with van der Waals surface area (Å²) in [6.07, 6.45) is 1.72. The molecule has 0 unspecified atom stereocenters. The summed E-state index contributed by atoms with van der Waals surface area (Å²) < 4.78 is 29.2. The van der Waals surface area contributed by atoms with Crippen molar-refractivity contribution >= 4 is 46.2 Å². The first-order chi connectivity index (χ1) is 18.5. The van der Waals surface area contributed by atoms with E-state index in [2.05, 4.69) is 10.3 Å². The Kier molecular flexibility index (Phi) is 9.12. The van der Waals surface area contributed by atoms with E-state index < -0.39 is 11.7 Å². The number of carbonyl (C=O) groups is 2. The largest absolute Gasteiger partial charge is 0.497 e. The first-order valence-corrected chi connectivity index (χ1v) is 12.5. The number of nitrogens with one attached hydrogen (secondary N) is 1. The van der Waals surface area contributed by atoms with Gasteiger partial charge in [0.1, 0.15) is 17.3 Å². The lowest BCUT2D eigenvalue weighted by molar-refractivity contribution is -0.122. The Morgan fingerprint density at radius 1 is 1.05 bits per heavy atom. The van der Waals surface area contributed by atoms with Gasteiger partial charge in [0.2, 0.25) is 0 Å². The first-order valence-electron chi connectivity index (χ1n) is 11.7. The summed E-state index contributed by atoms with van der Waals surface area (Å²) in [4.78, 5) is 32.3. The van der Waals surface area contributed by atoms with Crippen molar-refractivity contribution in [1.29, 1.82) is 0 Å². The van der Waals surface area contributed by atoms with E-state index in [-0.39, 0.29) is 12.5 Å². The summed E-state index contributed by atoms with van der Waals surface area (Å²) in [5.74, 6) is 0.155. The molecular weight excluding hydrogens is 509 g/mol. The van der Waals surface area contributed by atoms with Gasteiger partial charge in [-0.15, -0.1) is 0 Å². The zero-order chi connectivity index (χ0) is 26.9. The van der Waals surface area contributed by atoms with Crippen LogP contribution in [0, 0.1) is 5.82 Å². The molecule has 3 aromatic rings.